The summed E-state index contributed by atoms with van der Waals surface area (Å²) in [7, 11) is 0. The van der Waals surface area contributed by atoms with Gasteiger partial charge in [0.15, 0.2) is 11.5 Å². The van der Waals surface area contributed by atoms with Crippen molar-refractivity contribution < 1.29 is 4.42 Å². The molecule has 4 heteroatoms. The van der Waals surface area contributed by atoms with Crippen LogP contribution in [0.1, 0.15) is 18.0 Å². The van der Waals surface area contributed by atoms with Gasteiger partial charge in [-0.2, -0.15) is 0 Å². The molecule has 0 amide bonds. The second-order valence-corrected chi connectivity index (χ2v) is 4.62. The number of benzene rings is 1. The van der Waals surface area contributed by atoms with E-state index in [1.807, 2.05) is 30.3 Å². The number of halogens is 1. The lowest BCUT2D eigenvalue weighted by Crippen LogP contribution is -1.83. The monoisotopic (exact) mass is 282 g/mol. The zero-order valence-corrected chi connectivity index (χ0v) is 11.4. The van der Waals surface area contributed by atoms with Gasteiger partial charge in [0.25, 0.3) is 0 Å². The van der Waals surface area contributed by atoms with Crippen molar-refractivity contribution in [1.82, 2.24) is 9.97 Å². The van der Waals surface area contributed by atoms with Crippen molar-refractivity contribution >= 4 is 22.7 Å². The van der Waals surface area contributed by atoms with Crippen molar-refractivity contribution in [3.8, 4) is 11.8 Å². The van der Waals surface area contributed by atoms with Crippen molar-refractivity contribution in [2.75, 3.05) is 0 Å². The van der Waals surface area contributed by atoms with Crippen LogP contribution in [0.15, 0.2) is 47.0 Å². The largest absolute Gasteiger partial charge is 0.441 e. The molecule has 0 N–H and O–H groups in total. The van der Waals surface area contributed by atoms with Crippen LogP contribution >= 0.6 is 11.6 Å². The molecule has 2 heterocycles. The molecule has 0 unspecified atom stereocenters. The normalized spacial score (nSPS) is 10.2. The molecule has 3 nitrogen and oxygen atoms in total. The molecule has 0 aliphatic rings. The fourth-order valence-corrected chi connectivity index (χ4v) is 2.04. The van der Waals surface area contributed by atoms with E-state index in [9.17, 15) is 0 Å². The summed E-state index contributed by atoms with van der Waals surface area (Å²) in [5.74, 6) is 6.72. The van der Waals surface area contributed by atoms with Crippen LogP contribution in [0.4, 0.5) is 0 Å². The Balaban J connectivity index is 1.69. The lowest BCUT2D eigenvalue weighted by Gasteiger charge is -1.88. The van der Waals surface area contributed by atoms with Gasteiger partial charge in [0.1, 0.15) is 11.2 Å². The van der Waals surface area contributed by atoms with Gasteiger partial charge in [0.05, 0.1) is 5.02 Å². The standard InChI is InChI=1S/C16H11ClN2O/c17-13-8-5-9-14-16(13)19-15(20-14)10-2-1-6-12-7-3-4-11-18-12/h3-5,7-9,11H,2,10H2. The van der Waals surface area contributed by atoms with E-state index >= 15 is 0 Å². The minimum Gasteiger partial charge on any atom is -0.441 e. The second kappa shape index (κ2) is 5.77. The third kappa shape index (κ3) is 2.81. The topological polar surface area (TPSA) is 38.9 Å². The molecule has 0 atom stereocenters. The van der Waals surface area contributed by atoms with E-state index in [-0.39, 0.29) is 0 Å². The van der Waals surface area contributed by atoms with Gasteiger partial charge in [-0.05, 0) is 30.2 Å². The minimum atomic E-state index is 0.608. The smallest absolute Gasteiger partial charge is 0.196 e. The van der Waals surface area contributed by atoms with Gasteiger partial charge in [-0.1, -0.05) is 29.7 Å². The molecule has 0 aliphatic carbocycles. The molecule has 0 bridgehead atoms. The minimum absolute atomic E-state index is 0.608. The van der Waals surface area contributed by atoms with Crippen LogP contribution in [0, 0.1) is 11.8 Å². The maximum absolute atomic E-state index is 6.05. The molecule has 0 saturated carbocycles. The number of para-hydroxylation sites is 1. The predicted molar refractivity (Wildman–Crippen MR) is 78.5 cm³/mol. The zero-order chi connectivity index (χ0) is 13.8. The predicted octanol–water partition coefficient (Wildman–Crippen LogP) is 3.86. The molecular weight excluding hydrogens is 272 g/mol. The number of pyridine rings is 1. The van der Waals surface area contributed by atoms with Gasteiger partial charge in [-0.3, -0.25) is 0 Å². The van der Waals surface area contributed by atoms with Gasteiger partial charge in [0, 0.05) is 19.0 Å². The summed E-state index contributed by atoms with van der Waals surface area (Å²) in [6.07, 6.45) is 3.05. The molecule has 3 aromatic rings. The number of aryl methyl sites for hydroxylation is 1. The van der Waals surface area contributed by atoms with Gasteiger partial charge >= 0.3 is 0 Å². The molecule has 0 radical (unpaired) electrons. The van der Waals surface area contributed by atoms with E-state index in [0.29, 0.717) is 34.9 Å². The number of nitrogens with zero attached hydrogens (tertiary/aromatic N) is 2. The van der Waals surface area contributed by atoms with Gasteiger partial charge in [-0.25, -0.2) is 9.97 Å². The summed E-state index contributed by atoms with van der Waals surface area (Å²) < 4.78 is 5.62. The SMILES string of the molecule is Clc1cccc2oc(CCC#Cc3ccccn3)nc12. The maximum Gasteiger partial charge on any atom is 0.196 e. The second-order valence-electron chi connectivity index (χ2n) is 4.21. The highest BCUT2D eigenvalue weighted by Crippen LogP contribution is 2.23. The molecule has 0 spiro atoms. The summed E-state index contributed by atoms with van der Waals surface area (Å²) in [4.78, 5) is 8.51. The van der Waals surface area contributed by atoms with E-state index in [4.69, 9.17) is 16.0 Å². The first-order chi connectivity index (χ1) is 9.83. The molecule has 0 saturated heterocycles. The molecule has 0 aliphatic heterocycles. The van der Waals surface area contributed by atoms with Crippen LogP contribution in [0.3, 0.4) is 0 Å². The van der Waals surface area contributed by atoms with Crippen LogP contribution in [0.25, 0.3) is 11.1 Å². The Morgan fingerprint density at radius 1 is 1.15 bits per heavy atom. The van der Waals surface area contributed by atoms with Gasteiger partial charge in [-0.15, -0.1) is 0 Å². The van der Waals surface area contributed by atoms with Crippen LogP contribution in [-0.2, 0) is 6.42 Å². The first kappa shape index (κ1) is 12.7. The van der Waals surface area contributed by atoms with Crippen LogP contribution in [-0.4, -0.2) is 9.97 Å². The molecule has 3 rings (SSSR count). The van der Waals surface area contributed by atoms with Crippen molar-refractivity contribution in [3.63, 3.8) is 0 Å². The van der Waals surface area contributed by atoms with E-state index in [0.717, 1.165) is 5.69 Å². The Morgan fingerprint density at radius 3 is 2.90 bits per heavy atom. The zero-order valence-electron chi connectivity index (χ0n) is 10.6. The van der Waals surface area contributed by atoms with Crippen molar-refractivity contribution in [3.05, 3.63) is 59.2 Å². The third-order valence-corrected chi connectivity index (χ3v) is 3.06. The lowest BCUT2D eigenvalue weighted by molar-refractivity contribution is 0.531. The Hall–Kier alpha value is -2.31. The summed E-state index contributed by atoms with van der Waals surface area (Å²) in [6.45, 7) is 0. The number of aromatic nitrogens is 2. The molecule has 2 aromatic heterocycles. The average molecular weight is 283 g/mol. The molecule has 0 fully saturated rings. The first-order valence-electron chi connectivity index (χ1n) is 6.27. The van der Waals surface area contributed by atoms with Crippen LogP contribution < -0.4 is 0 Å². The summed E-state index contributed by atoms with van der Waals surface area (Å²) in [5.41, 5.74) is 2.19. The third-order valence-electron chi connectivity index (χ3n) is 2.76. The summed E-state index contributed by atoms with van der Waals surface area (Å²) in [6, 6.07) is 11.2. The maximum atomic E-state index is 6.05. The van der Waals surface area contributed by atoms with E-state index in [2.05, 4.69) is 21.8 Å². The van der Waals surface area contributed by atoms with Crippen molar-refractivity contribution in [1.29, 1.82) is 0 Å². The number of rotatable bonds is 2. The van der Waals surface area contributed by atoms with Crippen LogP contribution in [0.2, 0.25) is 5.02 Å². The quantitative estimate of drug-likeness (QED) is 0.670. The highest BCUT2D eigenvalue weighted by atomic mass is 35.5. The Labute approximate surface area is 121 Å². The van der Waals surface area contributed by atoms with E-state index in [1.54, 1.807) is 12.3 Å². The van der Waals surface area contributed by atoms with Gasteiger partial charge < -0.3 is 4.42 Å². The fraction of sp³-hybridized carbons (Fsp3) is 0.125. The number of oxazole rings is 1. The van der Waals surface area contributed by atoms with Gasteiger partial charge in [0.2, 0.25) is 0 Å². The molecule has 1 aromatic carbocycles. The summed E-state index contributed by atoms with van der Waals surface area (Å²) in [5, 5.41) is 0.608. The Bertz CT molecular complexity index is 784. The Morgan fingerprint density at radius 2 is 2.10 bits per heavy atom. The highest BCUT2D eigenvalue weighted by molar-refractivity contribution is 6.34. The first-order valence-corrected chi connectivity index (χ1v) is 6.64. The summed E-state index contributed by atoms with van der Waals surface area (Å²) >= 11 is 6.05. The molecule has 98 valence electrons. The molecule has 20 heavy (non-hydrogen) atoms. The van der Waals surface area contributed by atoms with Crippen molar-refractivity contribution in [2.45, 2.75) is 12.8 Å². The van der Waals surface area contributed by atoms with Crippen LogP contribution in [0.5, 0.6) is 0 Å². The highest BCUT2D eigenvalue weighted by Gasteiger charge is 2.07. The Kier molecular flexibility index (Phi) is 3.67. The molecular formula is C16H11ClN2O. The average Bonchev–Trinajstić information content (AvgIpc) is 2.89. The number of hydrogen-bond acceptors (Lipinski definition) is 3. The lowest BCUT2D eigenvalue weighted by atomic mass is 10.3. The van der Waals surface area contributed by atoms with E-state index in [1.165, 1.54) is 0 Å². The van der Waals surface area contributed by atoms with Crippen molar-refractivity contribution in [2.24, 2.45) is 0 Å². The van der Waals surface area contributed by atoms with E-state index < -0.39 is 0 Å². The number of hydrogen-bond donors (Lipinski definition) is 0. The fourth-order valence-electron chi connectivity index (χ4n) is 1.83. The number of fused-ring (bicyclic) bond motifs is 1.